The fourth-order valence-electron chi connectivity index (χ4n) is 1.45. The van der Waals surface area contributed by atoms with E-state index in [9.17, 15) is 13.2 Å². The highest BCUT2D eigenvalue weighted by Gasteiger charge is 2.13. The summed E-state index contributed by atoms with van der Waals surface area (Å²) >= 11 is 5.61. The van der Waals surface area contributed by atoms with Crippen molar-refractivity contribution in [3.63, 3.8) is 0 Å². The van der Waals surface area contributed by atoms with Gasteiger partial charge < -0.3 is 5.32 Å². The molecule has 7 heteroatoms. The van der Waals surface area contributed by atoms with Crippen molar-refractivity contribution >= 4 is 27.5 Å². The minimum absolute atomic E-state index is 0.0748. The summed E-state index contributed by atoms with van der Waals surface area (Å²) in [6.45, 7) is 0.0748. The van der Waals surface area contributed by atoms with Crippen LogP contribution in [0.25, 0.3) is 0 Å². The Bertz CT molecular complexity index is 514. The fraction of sp³-hybridized carbons (Fsp3) is 0.417. The number of hydrogen-bond donors (Lipinski definition) is 2. The van der Waals surface area contributed by atoms with Gasteiger partial charge in [0.2, 0.25) is 15.9 Å². The molecule has 1 aromatic carbocycles. The Kier molecular flexibility index (Phi) is 6.27. The van der Waals surface area contributed by atoms with Crippen molar-refractivity contribution in [2.75, 3.05) is 19.5 Å². The van der Waals surface area contributed by atoms with E-state index in [1.165, 1.54) is 19.2 Å². The van der Waals surface area contributed by atoms with Crippen molar-refractivity contribution in [2.24, 2.45) is 0 Å². The van der Waals surface area contributed by atoms with Gasteiger partial charge in [-0.3, -0.25) is 4.79 Å². The SMILES string of the molecule is CNC(=O)CCNS(=O)(=O)c1ccc(CCCl)cc1. The molecule has 5 nitrogen and oxygen atoms in total. The summed E-state index contributed by atoms with van der Waals surface area (Å²) in [5.74, 6) is 0.288. The number of amides is 1. The zero-order chi connectivity index (χ0) is 14.3. The largest absolute Gasteiger partial charge is 0.359 e. The van der Waals surface area contributed by atoms with Crippen LogP contribution in [-0.2, 0) is 21.2 Å². The number of halogens is 1. The Hall–Kier alpha value is -1.11. The Morgan fingerprint density at radius 3 is 2.42 bits per heavy atom. The number of carbonyl (C=O) groups is 1. The normalized spacial score (nSPS) is 11.3. The van der Waals surface area contributed by atoms with Gasteiger partial charge in [-0.1, -0.05) is 12.1 Å². The number of sulfonamides is 1. The molecule has 0 aliphatic carbocycles. The smallest absolute Gasteiger partial charge is 0.240 e. The van der Waals surface area contributed by atoms with Crippen LogP contribution >= 0.6 is 11.6 Å². The van der Waals surface area contributed by atoms with E-state index in [4.69, 9.17) is 11.6 Å². The van der Waals surface area contributed by atoms with Gasteiger partial charge >= 0.3 is 0 Å². The number of rotatable bonds is 7. The number of alkyl halides is 1. The van der Waals surface area contributed by atoms with E-state index in [-0.39, 0.29) is 23.8 Å². The highest BCUT2D eigenvalue weighted by atomic mass is 35.5. The van der Waals surface area contributed by atoms with Crippen molar-refractivity contribution in [1.29, 1.82) is 0 Å². The summed E-state index contributed by atoms with van der Waals surface area (Å²) in [4.78, 5) is 11.2. The van der Waals surface area contributed by atoms with Crippen LogP contribution in [-0.4, -0.2) is 33.8 Å². The third-order valence-corrected chi connectivity index (χ3v) is 4.21. The molecule has 0 saturated carbocycles. The first-order chi connectivity index (χ1) is 8.99. The molecule has 0 saturated heterocycles. The quantitative estimate of drug-likeness (QED) is 0.734. The third-order valence-electron chi connectivity index (χ3n) is 2.54. The molecular formula is C12H17ClN2O3S. The van der Waals surface area contributed by atoms with Crippen LogP contribution in [0.5, 0.6) is 0 Å². The van der Waals surface area contributed by atoms with Gasteiger partial charge in [0.1, 0.15) is 0 Å². The summed E-state index contributed by atoms with van der Waals surface area (Å²) in [5.41, 5.74) is 0.985. The number of aryl methyl sites for hydroxylation is 1. The molecule has 1 rings (SSSR count). The number of nitrogens with one attached hydrogen (secondary N) is 2. The van der Waals surface area contributed by atoms with E-state index < -0.39 is 10.0 Å². The van der Waals surface area contributed by atoms with Gasteiger partial charge in [-0.2, -0.15) is 0 Å². The van der Waals surface area contributed by atoms with Gasteiger partial charge in [-0.05, 0) is 24.1 Å². The Balaban J connectivity index is 2.64. The van der Waals surface area contributed by atoms with Crippen LogP contribution in [0.3, 0.4) is 0 Å². The highest BCUT2D eigenvalue weighted by molar-refractivity contribution is 7.89. The molecule has 1 amide bonds. The molecule has 0 aromatic heterocycles. The Morgan fingerprint density at radius 2 is 1.89 bits per heavy atom. The molecule has 0 spiro atoms. The maximum Gasteiger partial charge on any atom is 0.240 e. The van der Waals surface area contributed by atoms with E-state index >= 15 is 0 Å². The number of hydrogen-bond acceptors (Lipinski definition) is 3. The van der Waals surface area contributed by atoms with Crippen LogP contribution in [0.4, 0.5) is 0 Å². The minimum atomic E-state index is -3.56. The molecule has 2 N–H and O–H groups in total. The van der Waals surface area contributed by atoms with Gasteiger partial charge in [0.15, 0.2) is 0 Å². The van der Waals surface area contributed by atoms with Gasteiger partial charge in [-0.15, -0.1) is 11.6 Å². The highest BCUT2D eigenvalue weighted by Crippen LogP contribution is 2.11. The lowest BCUT2D eigenvalue weighted by Crippen LogP contribution is -2.29. The molecule has 0 bridgehead atoms. The van der Waals surface area contributed by atoms with E-state index in [1.807, 2.05) is 0 Å². The Morgan fingerprint density at radius 1 is 1.26 bits per heavy atom. The lowest BCUT2D eigenvalue weighted by molar-refractivity contribution is -0.120. The van der Waals surface area contributed by atoms with Crippen LogP contribution in [0.1, 0.15) is 12.0 Å². The lowest BCUT2D eigenvalue weighted by Gasteiger charge is -2.07. The van der Waals surface area contributed by atoms with E-state index in [2.05, 4.69) is 10.0 Å². The molecule has 19 heavy (non-hydrogen) atoms. The summed E-state index contributed by atoms with van der Waals surface area (Å²) in [6.07, 6.45) is 0.812. The van der Waals surface area contributed by atoms with Crippen LogP contribution in [0.15, 0.2) is 29.2 Å². The predicted molar refractivity (Wildman–Crippen MR) is 74.7 cm³/mol. The number of carbonyl (C=O) groups excluding carboxylic acids is 1. The first kappa shape index (κ1) is 15.9. The van der Waals surface area contributed by atoms with Crippen LogP contribution in [0, 0.1) is 0 Å². The first-order valence-corrected chi connectivity index (χ1v) is 7.86. The van der Waals surface area contributed by atoms with Gasteiger partial charge in [0, 0.05) is 25.9 Å². The van der Waals surface area contributed by atoms with Crippen molar-refractivity contribution in [2.45, 2.75) is 17.7 Å². The molecular weight excluding hydrogens is 288 g/mol. The predicted octanol–water partition coefficient (Wildman–Crippen LogP) is 0.882. The molecule has 1 aromatic rings. The summed E-state index contributed by atoms with van der Waals surface area (Å²) < 4.78 is 26.2. The van der Waals surface area contributed by atoms with Crippen molar-refractivity contribution < 1.29 is 13.2 Å². The zero-order valence-electron chi connectivity index (χ0n) is 10.6. The van der Waals surface area contributed by atoms with E-state index in [0.29, 0.717) is 12.3 Å². The Labute approximate surface area is 118 Å². The van der Waals surface area contributed by atoms with Gasteiger partial charge in [-0.25, -0.2) is 13.1 Å². The molecule has 0 atom stereocenters. The maximum atomic E-state index is 11.9. The summed E-state index contributed by atoms with van der Waals surface area (Å²) in [6, 6.07) is 6.53. The average Bonchev–Trinajstić information content (AvgIpc) is 2.39. The average molecular weight is 305 g/mol. The topological polar surface area (TPSA) is 75.3 Å². The maximum absolute atomic E-state index is 11.9. The first-order valence-electron chi connectivity index (χ1n) is 5.84. The summed E-state index contributed by atoms with van der Waals surface area (Å²) in [5, 5.41) is 2.43. The monoisotopic (exact) mass is 304 g/mol. The molecule has 0 aliphatic heterocycles. The van der Waals surface area contributed by atoms with Crippen LogP contribution < -0.4 is 10.0 Å². The van der Waals surface area contributed by atoms with E-state index in [1.54, 1.807) is 12.1 Å². The summed E-state index contributed by atoms with van der Waals surface area (Å²) in [7, 11) is -2.05. The lowest BCUT2D eigenvalue weighted by atomic mass is 10.2. The second-order valence-electron chi connectivity index (χ2n) is 3.90. The second kappa shape index (κ2) is 7.47. The van der Waals surface area contributed by atoms with Crippen molar-refractivity contribution in [1.82, 2.24) is 10.0 Å². The fourth-order valence-corrected chi connectivity index (χ4v) is 2.70. The standard InChI is InChI=1S/C12H17ClN2O3S/c1-14-12(16)7-9-15-19(17,18)11-4-2-10(3-5-11)6-8-13/h2-5,15H,6-9H2,1H3,(H,14,16). The molecule has 106 valence electrons. The van der Waals surface area contributed by atoms with Gasteiger partial charge in [0.05, 0.1) is 4.90 Å². The molecule has 0 radical (unpaired) electrons. The molecule has 0 fully saturated rings. The molecule has 0 aliphatic rings. The number of benzene rings is 1. The van der Waals surface area contributed by atoms with E-state index in [0.717, 1.165) is 5.56 Å². The molecule has 0 unspecified atom stereocenters. The second-order valence-corrected chi connectivity index (χ2v) is 6.05. The zero-order valence-corrected chi connectivity index (χ0v) is 12.2. The van der Waals surface area contributed by atoms with Crippen molar-refractivity contribution in [3.8, 4) is 0 Å². The minimum Gasteiger partial charge on any atom is -0.359 e. The van der Waals surface area contributed by atoms with Gasteiger partial charge in [0.25, 0.3) is 0 Å². The third kappa shape index (κ3) is 5.18. The van der Waals surface area contributed by atoms with Crippen molar-refractivity contribution in [3.05, 3.63) is 29.8 Å². The van der Waals surface area contributed by atoms with Crippen LogP contribution in [0.2, 0.25) is 0 Å². The molecule has 0 heterocycles.